The van der Waals surface area contributed by atoms with Gasteiger partial charge in [-0.25, -0.2) is 4.98 Å². The Labute approximate surface area is 177 Å². The molecule has 2 atom stereocenters. The van der Waals surface area contributed by atoms with Crippen LogP contribution in [0.3, 0.4) is 0 Å². The molecule has 0 saturated carbocycles. The summed E-state index contributed by atoms with van der Waals surface area (Å²) in [7, 11) is 0. The Morgan fingerprint density at radius 1 is 1.23 bits per heavy atom. The van der Waals surface area contributed by atoms with Gasteiger partial charge in [0, 0.05) is 38.8 Å². The van der Waals surface area contributed by atoms with Crippen molar-refractivity contribution in [2.24, 2.45) is 11.8 Å². The van der Waals surface area contributed by atoms with E-state index in [4.69, 9.17) is 4.74 Å². The van der Waals surface area contributed by atoms with E-state index in [-0.39, 0.29) is 23.8 Å². The van der Waals surface area contributed by atoms with Crippen molar-refractivity contribution in [3.05, 3.63) is 30.1 Å². The van der Waals surface area contributed by atoms with Gasteiger partial charge in [0.15, 0.2) is 5.82 Å². The smallest absolute Gasteiger partial charge is 0.289 e. The molecule has 0 bridgehead atoms. The third-order valence-electron chi connectivity index (χ3n) is 5.85. The molecule has 1 aromatic carbocycles. The molecule has 0 aliphatic carbocycles. The number of aromatic nitrogens is 2. The first-order valence-corrected chi connectivity index (χ1v) is 10.9. The number of amides is 2. The molecule has 162 valence electrons. The summed E-state index contributed by atoms with van der Waals surface area (Å²) in [6.45, 7) is 8.66. The monoisotopic (exact) mass is 413 g/mol. The summed E-state index contributed by atoms with van der Waals surface area (Å²) in [5.74, 6) is 0.606. The number of imidazole rings is 1. The Balaban J connectivity index is 1.52. The number of H-pyrrole nitrogens is 1. The van der Waals surface area contributed by atoms with Crippen molar-refractivity contribution in [2.75, 3.05) is 45.9 Å². The number of ether oxygens (including phenoxy) is 1. The molecule has 2 saturated heterocycles. The number of carbonyl (C=O) groups excluding carboxylic acids is 2. The van der Waals surface area contributed by atoms with E-state index >= 15 is 0 Å². The number of carbonyl (C=O) groups is 2. The van der Waals surface area contributed by atoms with Gasteiger partial charge in [-0.15, -0.1) is 0 Å². The molecule has 2 N–H and O–H groups in total. The van der Waals surface area contributed by atoms with Gasteiger partial charge >= 0.3 is 0 Å². The fourth-order valence-corrected chi connectivity index (χ4v) is 4.37. The number of nitrogens with zero attached hydrogens (tertiary/aromatic N) is 3. The second-order valence-corrected chi connectivity index (χ2v) is 8.64. The number of hydrogen-bond acceptors (Lipinski definition) is 5. The van der Waals surface area contributed by atoms with Gasteiger partial charge in [0.1, 0.15) is 0 Å². The fourth-order valence-electron chi connectivity index (χ4n) is 4.37. The molecule has 2 aromatic rings. The van der Waals surface area contributed by atoms with Crippen LogP contribution in [0.25, 0.3) is 11.0 Å². The molecule has 0 spiro atoms. The maximum atomic E-state index is 13.4. The molecule has 8 nitrogen and oxygen atoms in total. The molecule has 2 amide bonds. The van der Waals surface area contributed by atoms with Crippen LogP contribution in [0.5, 0.6) is 0 Å². The second-order valence-electron chi connectivity index (χ2n) is 8.64. The van der Waals surface area contributed by atoms with Crippen LogP contribution in [0.15, 0.2) is 24.3 Å². The number of nitrogens with one attached hydrogen (secondary N) is 2. The van der Waals surface area contributed by atoms with E-state index in [0.717, 1.165) is 11.0 Å². The topological polar surface area (TPSA) is 90.6 Å². The third kappa shape index (κ3) is 4.49. The number of hydrogen-bond donors (Lipinski definition) is 2. The molecule has 30 heavy (non-hydrogen) atoms. The maximum absolute atomic E-state index is 13.4. The van der Waals surface area contributed by atoms with E-state index in [9.17, 15) is 9.59 Å². The minimum atomic E-state index is -0.125. The molecular weight excluding hydrogens is 382 g/mol. The zero-order valence-corrected chi connectivity index (χ0v) is 17.8. The summed E-state index contributed by atoms with van der Waals surface area (Å²) in [6, 6.07) is 7.61. The van der Waals surface area contributed by atoms with E-state index in [2.05, 4.69) is 29.1 Å². The molecule has 8 heteroatoms. The van der Waals surface area contributed by atoms with Gasteiger partial charge in [-0.1, -0.05) is 26.0 Å². The number of fused-ring (bicyclic) bond motifs is 1. The lowest BCUT2D eigenvalue weighted by Gasteiger charge is -2.39. The number of morpholine rings is 1. The first-order valence-electron chi connectivity index (χ1n) is 10.9. The summed E-state index contributed by atoms with van der Waals surface area (Å²) in [6.07, 6.45) is 0.669. The van der Waals surface area contributed by atoms with Crippen LogP contribution in [0.2, 0.25) is 0 Å². The number of aromatic amines is 1. The van der Waals surface area contributed by atoms with Crippen molar-refractivity contribution in [2.45, 2.75) is 26.3 Å². The Bertz CT molecular complexity index is 857. The molecule has 4 rings (SSSR count). The van der Waals surface area contributed by atoms with Crippen molar-refractivity contribution in [3.8, 4) is 0 Å². The highest BCUT2D eigenvalue weighted by Crippen LogP contribution is 2.22. The Kier molecular flexibility index (Phi) is 6.34. The van der Waals surface area contributed by atoms with Gasteiger partial charge in [-0.3, -0.25) is 9.59 Å². The van der Waals surface area contributed by atoms with Crippen LogP contribution < -0.4 is 5.32 Å². The highest BCUT2D eigenvalue weighted by molar-refractivity contribution is 5.94. The van der Waals surface area contributed by atoms with E-state index in [1.165, 1.54) is 0 Å². The maximum Gasteiger partial charge on any atom is 0.289 e. The number of para-hydroxylation sites is 2. The first kappa shape index (κ1) is 20.8. The van der Waals surface area contributed by atoms with E-state index in [1.807, 2.05) is 34.1 Å². The summed E-state index contributed by atoms with van der Waals surface area (Å²) in [5, 5.41) is 3.39. The highest BCUT2D eigenvalue weighted by atomic mass is 16.5. The van der Waals surface area contributed by atoms with E-state index in [0.29, 0.717) is 64.1 Å². The van der Waals surface area contributed by atoms with Crippen LogP contribution in [0.1, 0.15) is 30.9 Å². The molecule has 3 heterocycles. The van der Waals surface area contributed by atoms with E-state index in [1.54, 1.807) is 0 Å². The van der Waals surface area contributed by atoms with Gasteiger partial charge < -0.3 is 24.8 Å². The van der Waals surface area contributed by atoms with Gasteiger partial charge in [-0.05, 0) is 24.5 Å². The summed E-state index contributed by atoms with van der Waals surface area (Å²) in [5.41, 5.74) is 1.64. The molecule has 1 aromatic heterocycles. The third-order valence-corrected chi connectivity index (χ3v) is 5.85. The minimum absolute atomic E-state index is 0.0446. The van der Waals surface area contributed by atoms with Crippen LogP contribution in [0.4, 0.5) is 0 Å². The second kappa shape index (κ2) is 9.14. The fraction of sp³-hybridized carbons (Fsp3) is 0.591. The van der Waals surface area contributed by atoms with Crippen molar-refractivity contribution >= 4 is 22.8 Å². The van der Waals surface area contributed by atoms with Gasteiger partial charge in [0.25, 0.3) is 5.91 Å². The number of benzene rings is 1. The van der Waals surface area contributed by atoms with Gasteiger partial charge in [0.2, 0.25) is 5.91 Å². The van der Waals surface area contributed by atoms with Gasteiger partial charge in [0.05, 0.1) is 30.2 Å². The summed E-state index contributed by atoms with van der Waals surface area (Å²) >= 11 is 0. The average Bonchev–Trinajstić information content (AvgIpc) is 3.21. The Hall–Kier alpha value is -2.45. The number of rotatable bonds is 5. The van der Waals surface area contributed by atoms with Crippen molar-refractivity contribution < 1.29 is 14.3 Å². The zero-order chi connectivity index (χ0) is 21.1. The molecule has 0 radical (unpaired) electrons. The normalized spacial score (nSPS) is 22.4. The molecular formula is C22H31N5O3. The van der Waals surface area contributed by atoms with Crippen molar-refractivity contribution in [1.82, 2.24) is 25.1 Å². The minimum Gasteiger partial charge on any atom is -0.378 e. The average molecular weight is 414 g/mol. The Morgan fingerprint density at radius 2 is 2.00 bits per heavy atom. The van der Waals surface area contributed by atoms with E-state index < -0.39 is 0 Å². The molecule has 2 aliphatic heterocycles. The van der Waals surface area contributed by atoms with Crippen molar-refractivity contribution in [3.63, 3.8) is 0 Å². The standard InChI is InChI=1S/C22H31N5O3/c1-15(2)14-27(22(29)20-24-18-5-3-4-6-19(18)25-20)17-11-16(12-23-13-17)21(28)26-7-9-30-10-8-26/h3-6,15-17,23H,7-14H2,1-2H3,(H,24,25)/t16-,17+/m1/s1. The first-order chi connectivity index (χ1) is 14.5. The van der Waals surface area contributed by atoms with Gasteiger partial charge in [-0.2, -0.15) is 0 Å². The lowest BCUT2D eigenvalue weighted by atomic mass is 9.92. The predicted molar refractivity (Wildman–Crippen MR) is 114 cm³/mol. The van der Waals surface area contributed by atoms with Crippen LogP contribution in [0, 0.1) is 11.8 Å². The summed E-state index contributed by atoms with van der Waals surface area (Å²) in [4.78, 5) is 37.9. The molecule has 2 fully saturated rings. The predicted octanol–water partition coefficient (Wildman–Crippen LogP) is 1.50. The summed E-state index contributed by atoms with van der Waals surface area (Å²) < 4.78 is 5.37. The largest absolute Gasteiger partial charge is 0.378 e. The molecule has 2 aliphatic rings. The van der Waals surface area contributed by atoms with Crippen LogP contribution in [-0.4, -0.2) is 83.6 Å². The Morgan fingerprint density at radius 3 is 2.73 bits per heavy atom. The SMILES string of the molecule is CC(C)CN(C(=O)c1nc2ccccc2[nH]1)[C@@H]1CNC[C@H](C(=O)N2CCOCC2)C1. The number of piperidine rings is 1. The van der Waals surface area contributed by atoms with Crippen LogP contribution >= 0.6 is 0 Å². The van der Waals surface area contributed by atoms with Crippen LogP contribution in [-0.2, 0) is 9.53 Å². The quantitative estimate of drug-likeness (QED) is 0.775. The lowest BCUT2D eigenvalue weighted by Crippen LogP contribution is -2.56. The zero-order valence-electron chi connectivity index (χ0n) is 17.8. The molecule has 0 unspecified atom stereocenters. The van der Waals surface area contributed by atoms with Crippen molar-refractivity contribution in [1.29, 1.82) is 0 Å². The lowest BCUT2D eigenvalue weighted by molar-refractivity contribution is -0.140. The highest BCUT2D eigenvalue weighted by Gasteiger charge is 2.36.